The smallest absolute Gasteiger partial charge is 0.267 e. The Kier molecular flexibility index (Phi) is 5.52. The molecule has 28 heavy (non-hydrogen) atoms. The number of aromatic nitrogens is 1. The SMILES string of the molecule is Cc1ccccc1NC(=O)CN1CCc2nc(NC(=O)c3cccs3)sc2C1. The number of aryl methyl sites for hydroxylation is 1. The van der Waals surface area contributed by atoms with E-state index in [9.17, 15) is 9.59 Å². The fraction of sp³-hybridized carbons (Fsp3) is 0.250. The van der Waals surface area contributed by atoms with Gasteiger partial charge in [0.25, 0.3) is 5.91 Å². The summed E-state index contributed by atoms with van der Waals surface area (Å²) in [5.74, 6) is -0.149. The van der Waals surface area contributed by atoms with Crippen LogP contribution in [0.25, 0.3) is 0 Å². The second-order valence-corrected chi connectivity index (χ2v) is 8.68. The van der Waals surface area contributed by atoms with E-state index in [0.717, 1.165) is 34.8 Å². The number of hydrogen-bond donors (Lipinski definition) is 2. The summed E-state index contributed by atoms with van der Waals surface area (Å²) in [6.45, 7) is 3.76. The van der Waals surface area contributed by atoms with Crippen LogP contribution in [-0.4, -0.2) is 34.8 Å². The molecule has 0 atom stereocenters. The maximum atomic E-state index is 12.4. The van der Waals surface area contributed by atoms with Gasteiger partial charge in [0.15, 0.2) is 5.13 Å². The number of carbonyl (C=O) groups is 2. The Morgan fingerprint density at radius 3 is 2.82 bits per heavy atom. The highest BCUT2D eigenvalue weighted by molar-refractivity contribution is 7.16. The van der Waals surface area contributed by atoms with Crippen molar-refractivity contribution in [2.75, 3.05) is 23.7 Å². The number of fused-ring (bicyclic) bond motifs is 1. The molecule has 0 radical (unpaired) electrons. The summed E-state index contributed by atoms with van der Waals surface area (Å²) in [6.07, 6.45) is 0.776. The van der Waals surface area contributed by atoms with Crippen LogP contribution in [0.1, 0.15) is 25.8 Å². The lowest BCUT2D eigenvalue weighted by molar-refractivity contribution is -0.117. The van der Waals surface area contributed by atoms with Crippen LogP contribution in [0.4, 0.5) is 10.8 Å². The standard InChI is InChI=1S/C20H20N4O2S2/c1-13-5-2-3-6-14(13)21-18(25)12-24-9-8-15-17(11-24)28-20(22-15)23-19(26)16-7-4-10-27-16/h2-7,10H,8-9,11-12H2,1H3,(H,21,25)(H,22,23,26). The van der Waals surface area contributed by atoms with E-state index in [0.29, 0.717) is 23.1 Å². The Morgan fingerprint density at radius 2 is 2.04 bits per heavy atom. The number of thiophene rings is 1. The Bertz CT molecular complexity index is 998. The molecular weight excluding hydrogens is 392 g/mol. The molecule has 1 aromatic carbocycles. The van der Waals surface area contributed by atoms with Crippen molar-refractivity contribution in [3.63, 3.8) is 0 Å². The monoisotopic (exact) mass is 412 g/mol. The molecule has 3 aromatic rings. The second kappa shape index (κ2) is 8.22. The number of hydrogen-bond acceptors (Lipinski definition) is 6. The average Bonchev–Trinajstić information content (AvgIpc) is 3.32. The fourth-order valence-electron chi connectivity index (χ4n) is 3.11. The van der Waals surface area contributed by atoms with Crippen molar-refractivity contribution < 1.29 is 9.59 Å². The lowest BCUT2D eigenvalue weighted by atomic mass is 10.1. The number of nitrogens with one attached hydrogen (secondary N) is 2. The summed E-state index contributed by atoms with van der Waals surface area (Å²) in [7, 11) is 0. The van der Waals surface area contributed by atoms with Gasteiger partial charge in [-0.3, -0.25) is 19.8 Å². The zero-order chi connectivity index (χ0) is 19.5. The normalized spacial score (nSPS) is 13.8. The van der Waals surface area contributed by atoms with Crippen molar-refractivity contribution in [3.05, 3.63) is 62.8 Å². The number of nitrogens with zero attached hydrogens (tertiary/aromatic N) is 2. The van der Waals surface area contributed by atoms with Gasteiger partial charge in [-0.15, -0.1) is 22.7 Å². The third kappa shape index (κ3) is 4.30. The highest BCUT2D eigenvalue weighted by Gasteiger charge is 2.23. The minimum absolute atomic E-state index is 0.0199. The first-order valence-corrected chi connectivity index (χ1v) is 10.7. The Balaban J connectivity index is 1.35. The number of rotatable bonds is 5. The molecule has 8 heteroatoms. The van der Waals surface area contributed by atoms with Gasteiger partial charge >= 0.3 is 0 Å². The number of carbonyl (C=O) groups excluding carboxylic acids is 2. The van der Waals surface area contributed by atoms with E-state index in [2.05, 4.69) is 20.5 Å². The summed E-state index contributed by atoms with van der Waals surface area (Å²) in [5.41, 5.74) is 2.91. The molecule has 4 rings (SSSR count). The third-order valence-corrected chi connectivity index (χ3v) is 6.43. The molecule has 1 aliphatic heterocycles. The summed E-state index contributed by atoms with van der Waals surface area (Å²) < 4.78 is 0. The van der Waals surface area contributed by atoms with Crippen molar-refractivity contribution in [2.45, 2.75) is 19.9 Å². The zero-order valence-corrected chi connectivity index (χ0v) is 17.0. The number of para-hydroxylation sites is 1. The minimum atomic E-state index is -0.129. The number of amides is 2. The maximum Gasteiger partial charge on any atom is 0.267 e. The lowest BCUT2D eigenvalue weighted by Crippen LogP contribution is -2.36. The van der Waals surface area contributed by atoms with E-state index in [1.807, 2.05) is 42.6 Å². The van der Waals surface area contributed by atoms with Gasteiger partial charge in [-0.1, -0.05) is 24.3 Å². The first kappa shape index (κ1) is 18.8. The quantitative estimate of drug-likeness (QED) is 0.669. The predicted octanol–water partition coefficient (Wildman–Crippen LogP) is 3.76. The van der Waals surface area contributed by atoms with Gasteiger partial charge in [0.1, 0.15) is 0 Å². The molecule has 0 fully saturated rings. The van der Waals surface area contributed by atoms with Crippen LogP contribution in [-0.2, 0) is 17.8 Å². The molecule has 2 N–H and O–H groups in total. The topological polar surface area (TPSA) is 74.3 Å². The Morgan fingerprint density at radius 1 is 1.18 bits per heavy atom. The molecule has 0 saturated carbocycles. The highest BCUT2D eigenvalue weighted by atomic mass is 32.1. The molecule has 2 aromatic heterocycles. The van der Waals surface area contributed by atoms with Gasteiger partial charge in [0.2, 0.25) is 5.91 Å². The van der Waals surface area contributed by atoms with E-state index in [4.69, 9.17) is 0 Å². The maximum absolute atomic E-state index is 12.4. The second-order valence-electron chi connectivity index (χ2n) is 6.64. The van der Waals surface area contributed by atoms with Crippen LogP contribution >= 0.6 is 22.7 Å². The predicted molar refractivity (Wildman–Crippen MR) is 113 cm³/mol. The van der Waals surface area contributed by atoms with Gasteiger partial charge in [-0.05, 0) is 30.0 Å². The minimum Gasteiger partial charge on any atom is -0.325 e. The van der Waals surface area contributed by atoms with Gasteiger partial charge < -0.3 is 5.32 Å². The van der Waals surface area contributed by atoms with Crippen LogP contribution in [0.15, 0.2) is 41.8 Å². The van der Waals surface area contributed by atoms with Crippen LogP contribution in [0, 0.1) is 6.92 Å². The molecule has 0 saturated heterocycles. The average molecular weight is 413 g/mol. The molecular formula is C20H20N4O2S2. The lowest BCUT2D eigenvalue weighted by Gasteiger charge is -2.25. The van der Waals surface area contributed by atoms with Crippen molar-refractivity contribution in [3.8, 4) is 0 Å². The Labute approximate surface area is 171 Å². The molecule has 3 heterocycles. The number of thiazole rings is 1. The number of anilines is 2. The van der Waals surface area contributed by atoms with Crippen molar-refractivity contribution in [2.24, 2.45) is 0 Å². The summed E-state index contributed by atoms with van der Waals surface area (Å²) in [4.78, 5) is 33.1. The molecule has 6 nitrogen and oxygen atoms in total. The van der Waals surface area contributed by atoms with Crippen molar-refractivity contribution >= 4 is 45.3 Å². The number of benzene rings is 1. The summed E-state index contributed by atoms with van der Waals surface area (Å²) in [5, 5.41) is 8.35. The molecule has 1 aliphatic rings. The third-order valence-electron chi connectivity index (χ3n) is 4.56. The van der Waals surface area contributed by atoms with E-state index >= 15 is 0 Å². The van der Waals surface area contributed by atoms with E-state index in [1.165, 1.54) is 22.7 Å². The van der Waals surface area contributed by atoms with Gasteiger partial charge in [-0.2, -0.15) is 0 Å². The summed E-state index contributed by atoms with van der Waals surface area (Å²) >= 11 is 2.89. The van der Waals surface area contributed by atoms with Crippen LogP contribution in [0.2, 0.25) is 0 Å². The molecule has 0 unspecified atom stereocenters. The van der Waals surface area contributed by atoms with Crippen molar-refractivity contribution in [1.82, 2.24) is 9.88 Å². The largest absolute Gasteiger partial charge is 0.325 e. The Hall–Kier alpha value is -2.55. The molecule has 2 amide bonds. The summed E-state index contributed by atoms with van der Waals surface area (Å²) in [6, 6.07) is 11.4. The molecule has 0 bridgehead atoms. The van der Waals surface area contributed by atoms with E-state index in [-0.39, 0.29) is 11.8 Å². The van der Waals surface area contributed by atoms with Gasteiger partial charge in [0, 0.05) is 30.1 Å². The van der Waals surface area contributed by atoms with Gasteiger partial charge in [0.05, 0.1) is 17.1 Å². The van der Waals surface area contributed by atoms with Crippen LogP contribution < -0.4 is 10.6 Å². The molecule has 0 aliphatic carbocycles. The molecule has 0 spiro atoms. The van der Waals surface area contributed by atoms with E-state index in [1.54, 1.807) is 6.07 Å². The molecule has 144 valence electrons. The van der Waals surface area contributed by atoms with Crippen molar-refractivity contribution in [1.29, 1.82) is 0 Å². The zero-order valence-electron chi connectivity index (χ0n) is 15.4. The van der Waals surface area contributed by atoms with Gasteiger partial charge in [-0.25, -0.2) is 4.98 Å². The van der Waals surface area contributed by atoms with Crippen LogP contribution in [0.3, 0.4) is 0 Å². The first-order valence-electron chi connectivity index (χ1n) is 9.00. The fourth-order valence-corrected chi connectivity index (χ4v) is 4.77. The first-order chi connectivity index (χ1) is 13.6. The van der Waals surface area contributed by atoms with E-state index < -0.39 is 0 Å². The highest BCUT2D eigenvalue weighted by Crippen LogP contribution is 2.29. The van der Waals surface area contributed by atoms with Crippen LogP contribution in [0.5, 0.6) is 0 Å².